The molecule has 0 spiro atoms. The van der Waals surface area contributed by atoms with Gasteiger partial charge in [-0.25, -0.2) is 0 Å². The number of para-hydroxylation sites is 3. The summed E-state index contributed by atoms with van der Waals surface area (Å²) in [6.07, 6.45) is 0. The van der Waals surface area contributed by atoms with Crippen LogP contribution in [0.3, 0.4) is 0 Å². The van der Waals surface area contributed by atoms with E-state index in [-0.39, 0.29) is 0 Å². The minimum absolute atomic E-state index is 0.916. The Labute approximate surface area is 246 Å². The van der Waals surface area contributed by atoms with Gasteiger partial charge in [-0.1, -0.05) is 91.0 Å². The second-order valence-corrected chi connectivity index (χ2v) is 11.3. The Morgan fingerprint density at radius 1 is 0.372 bits per heavy atom. The van der Waals surface area contributed by atoms with Gasteiger partial charge in [0.2, 0.25) is 0 Å². The van der Waals surface area contributed by atoms with E-state index in [1.54, 1.807) is 0 Å². The summed E-state index contributed by atoms with van der Waals surface area (Å²) < 4.78 is 11.5. The lowest BCUT2D eigenvalue weighted by atomic mass is 10.0. The maximum atomic E-state index is 6.64. The summed E-state index contributed by atoms with van der Waals surface area (Å²) in [5, 5.41) is 9.60. The zero-order valence-electron chi connectivity index (χ0n) is 23.2. The largest absolute Gasteiger partial charge is 0.455 e. The first-order chi connectivity index (χ1) is 21.4. The van der Waals surface area contributed by atoms with Gasteiger partial charge in [-0.3, -0.25) is 0 Å². The van der Waals surface area contributed by atoms with Crippen LogP contribution in [0.25, 0.3) is 87.7 Å². The van der Waals surface area contributed by atoms with E-state index < -0.39 is 0 Å². The van der Waals surface area contributed by atoms with E-state index >= 15 is 0 Å². The first-order valence-corrected chi connectivity index (χ1v) is 14.7. The van der Waals surface area contributed by atoms with E-state index in [1.165, 1.54) is 43.5 Å². The summed E-state index contributed by atoms with van der Waals surface area (Å²) in [6.45, 7) is 0. The van der Waals surface area contributed by atoms with Crippen molar-refractivity contribution in [3.63, 3.8) is 0 Å². The summed E-state index contributed by atoms with van der Waals surface area (Å²) in [6, 6.07) is 52.2. The van der Waals surface area contributed by atoms with Gasteiger partial charge >= 0.3 is 0 Å². The summed E-state index contributed by atoms with van der Waals surface area (Å²) in [5.74, 6) is 0. The summed E-state index contributed by atoms with van der Waals surface area (Å²) in [7, 11) is 0. The molecule has 0 atom stereocenters. The molecule has 7 aromatic carbocycles. The van der Waals surface area contributed by atoms with Gasteiger partial charge in [0, 0.05) is 43.7 Å². The van der Waals surface area contributed by atoms with Crippen LogP contribution >= 0.6 is 0 Å². The fraction of sp³-hybridized carbons (Fsp3) is 0. The number of furan rings is 1. The predicted molar refractivity (Wildman–Crippen MR) is 180 cm³/mol. The Kier molecular flexibility index (Phi) is 4.45. The van der Waals surface area contributed by atoms with Gasteiger partial charge in [0.05, 0.1) is 27.5 Å². The van der Waals surface area contributed by atoms with E-state index in [0.29, 0.717) is 0 Å². The highest BCUT2D eigenvalue weighted by Gasteiger charge is 2.24. The molecule has 10 aromatic rings. The van der Waals surface area contributed by atoms with E-state index in [9.17, 15) is 0 Å². The Hall–Kier alpha value is -5.80. The lowest BCUT2D eigenvalue weighted by Crippen LogP contribution is -1.95. The van der Waals surface area contributed by atoms with E-state index in [2.05, 4.69) is 149 Å². The van der Waals surface area contributed by atoms with Gasteiger partial charge in [0.1, 0.15) is 11.2 Å². The number of benzene rings is 7. The third-order valence-corrected chi connectivity index (χ3v) is 9.08. The standard InChI is InChI=1S/C40H24N2O/c1-3-12-26(13-4-1)41-33-24-22-32-37-34(23-21-30-29-17-9-10-18-35(29)43-40(30)37)42(27-14-5-2-6-15-27)39(32)36(33)31-20-19-25-11-7-8-16-28(25)38(31)41/h1-24H. The number of hydrogen-bond acceptors (Lipinski definition) is 1. The zero-order chi connectivity index (χ0) is 28.1. The second kappa shape index (κ2) is 8.37. The van der Waals surface area contributed by atoms with Crippen LogP contribution in [-0.2, 0) is 0 Å². The molecule has 0 aliphatic heterocycles. The highest BCUT2D eigenvalue weighted by atomic mass is 16.3. The van der Waals surface area contributed by atoms with Crippen molar-refractivity contribution in [3.8, 4) is 11.4 Å². The quantitative estimate of drug-likeness (QED) is 0.211. The maximum absolute atomic E-state index is 6.64. The summed E-state index contributed by atoms with van der Waals surface area (Å²) in [5.41, 5.74) is 8.89. The SMILES string of the molecule is c1ccc(-n2c3ccc4c5c6oc7ccccc7c6ccc5n(-c5ccccc5)c4c3c3ccc4ccccc4c32)cc1. The number of nitrogens with zero attached hydrogens (tertiary/aromatic N) is 2. The van der Waals surface area contributed by atoms with Crippen LogP contribution in [0.5, 0.6) is 0 Å². The second-order valence-electron chi connectivity index (χ2n) is 11.3. The minimum Gasteiger partial charge on any atom is -0.455 e. The predicted octanol–water partition coefficient (Wildman–Crippen LogP) is 10.9. The van der Waals surface area contributed by atoms with Crippen molar-refractivity contribution < 1.29 is 4.42 Å². The van der Waals surface area contributed by atoms with Crippen LogP contribution in [0.4, 0.5) is 0 Å². The van der Waals surface area contributed by atoms with Crippen molar-refractivity contribution in [2.45, 2.75) is 0 Å². The molecule has 3 heterocycles. The number of fused-ring (bicyclic) bond motifs is 13. The molecule has 0 aliphatic carbocycles. The molecule has 0 amide bonds. The van der Waals surface area contributed by atoms with E-state index in [0.717, 1.165) is 44.2 Å². The third-order valence-electron chi connectivity index (χ3n) is 9.08. The van der Waals surface area contributed by atoms with Crippen molar-refractivity contribution in [2.24, 2.45) is 0 Å². The van der Waals surface area contributed by atoms with Crippen LogP contribution in [0.2, 0.25) is 0 Å². The highest BCUT2D eigenvalue weighted by Crippen LogP contribution is 2.46. The molecule has 0 saturated carbocycles. The highest BCUT2D eigenvalue weighted by molar-refractivity contribution is 6.32. The van der Waals surface area contributed by atoms with Gasteiger partial charge in [-0.05, 0) is 60.0 Å². The van der Waals surface area contributed by atoms with Crippen LogP contribution in [0.1, 0.15) is 0 Å². The lowest BCUT2D eigenvalue weighted by Gasteiger charge is -2.10. The molecule has 10 rings (SSSR count). The average molecular weight is 549 g/mol. The fourth-order valence-corrected chi connectivity index (χ4v) is 7.32. The van der Waals surface area contributed by atoms with Gasteiger partial charge in [-0.2, -0.15) is 0 Å². The molecule has 0 aliphatic rings. The van der Waals surface area contributed by atoms with Crippen LogP contribution in [0.15, 0.2) is 150 Å². The number of aromatic nitrogens is 2. The molecule has 3 aromatic heterocycles. The Balaban J connectivity index is 1.50. The van der Waals surface area contributed by atoms with E-state index in [1.807, 2.05) is 6.07 Å². The number of hydrogen-bond donors (Lipinski definition) is 0. The van der Waals surface area contributed by atoms with Crippen molar-refractivity contribution in [1.82, 2.24) is 9.13 Å². The average Bonchev–Trinajstić information content (AvgIpc) is 3.73. The minimum atomic E-state index is 0.916. The molecule has 3 nitrogen and oxygen atoms in total. The molecule has 43 heavy (non-hydrogen) atoms. The summed E-state index contributed by atoms with van der Waals surface area (Å²) in [4.78, 5) is 0. The molecule has 0 bridgehead atoms. The Morgan fingerprint density at radius 2 is 0.930 bits per heavy atom. The molecular formula is C40H24N2O. The normalized spacial score (nSPS) is 12.2. The zero-order valence-corrected chi connectivity index (χ0v) is 23.2. The van der Waals surface area contributed by atoms with E-state index in [4.69, 9.17) is 4.42 Å². The van der Waals surface area contributed by atoms with Gasteiger partial charge < -0.3 is 13.6 Å². The monoisotopic (exact) mass is 548 g/mol. The molecule has 0 unspecified atom stereocenters. The van der Waals surface area contributed by atoms with Crippen molar-refractivity contribution in [2.75, 3.05) is 0 Å². The summed E-state index contributed by atoms with van der Waals surface area (Å²) >= 11 is 0. The molecular weight excluding hydrogens is 524 g/mol. The van der Waals surface area contributed by atoms with Crippen LogP contribution < -0.4 is 0 Å². The van der Waals surface area contributed by atoms with Crippen molar-refractivity contribution >= 4 is 76.3 Å². The molecule has 0 N–H and O–H groups in total. The fourth-order valence-electron chi connectivity index (χ4n) is 7.32. The van der Waals surface area contributed by atoms with Gasteiger partial charge in [-0.15, -0.1) is 0 Å². The Bertz CT molecular complexity index is 2710. The lowest BCUT2D eigenvalue weighted by molar-refractivity contribution is 0.673. The molecule has 200 valence electrons. The molecule has 0 fully saturated rings. The number of rotatable bonds is 2. The third kappa shape index (κ3) is 2.98. The van der Waals surface area contributed by atoms with Gasteiger partial charge in [0.25, 0.3) is 0 Å². The first-order valence-electron chi connectivity index (χ1n) is 14.7. The molecule has 0 saturated heterocycles. The van der Waals surface area contributed by atoms with Crippen LogP contribution in [0, 0.1) is 0 Å². The van der Waals surface area contributed by atoms with Crippen LogP contribution in [-0.4, -0.2) is 9.13 Å². The van der Waals surface area contributed by atoms with Crippen molar-refractivity contribution in [3.05, 3.63) is 146 Å². The Morgan fingerprint density at radius 3 is 1.70 bits per heavy atom. The first kappa shape index (κ1) is 22.8. The molecule has 3 heteroatoms. The smallest absolute Gasteiger partial charge is 0.145 e. The maximum Gasteiger partial charge on any atom is 0.145 e. The van der Waals surface area contributed by atoms with Crippen molar-refractivity contribution in [1.29, 1.82) is 0 Å². The molecule has 0 radical (unpaired) electrons. The topological polar surface area (TPSA) is 23.0 Å². The van der Waals surface area contributed by atoms with Gasteiger partial charge in [0.15, 0.2) is 0 Å².